The second kappa shape index (κ2) is 6.73. The Labute approximate surface area is 171 Å². The van der Waals surface area contributed by atoms with Gasteiger partial charge in [-0.1, -0.05) is 6.92 Å². The lowest BCUT2D eigenvalue weighted by Crippen LogP contribution is -2.43. The number of hydrogen-bond acceptors (Lipinski definition) is 6. The molecule has 5 rings (SSSR count). The summed E-state index contributed by atoms with van der Waals surface area (Å²) in [5.74, 6) is 1.30. The third kappa shape index (κ3) is 3.00. The summed E-state index contributed by atoms with van der Waals surface area (Å²) in [6.45, 7) is 2.24. The molecule has 1 fully saturated rings. The van der Waals surface area contributed by atoms with E-state index >= 15 is 0 Å². The molecule has 146 valence electrons. The highest BCUT2D eigenvalue weighted by atomic mass is 32.1. The van der Waals surface area contributed by atoms with E-state index in [1.54, 1.807) is 18.6 Å². The minimum absolute atomic E-state index is 0.216. The van der Waals surface area contributed by atoms with Crippen LogP contribution >= 0.6 is 11.3 Å². The van der Waals surface area contributed by atoms with Crippen molar-refractivity contribution in [3.05, 3.63) is 65.4 Å². The third-order valence-corrected chi connectivity index (χ3v) is 6.45. The Morgan fingerprint density at radius 1 is 1.28 bits per heavy atom. The molecule has 0 aromatic carbocycles. The van der Waals surface area contributed by atoms with E-state index in [4.69, 9.17) is 0 Å². The number of rotatable bonds is 4. The zero-order valence-electron chi connectivity index (χ0n) is 16.2. The molecule has 1 N–H and O–H groups in total. The maximum absolute atomic E-state index is 12.7. The van der Waals surface area contributed by atoms with Crippen LogP contribution in [0.3, 0.4) is 0 Å². The molecule has 4 aromatic rings. The van der Waals surface area contributed by atoms with Crippen LogP contribution in [0.2, 0.25) is 0 Å². The zero-order valence-corrected chi connectivity index (χ0v) is 17.0. The zero-order chi connectivity index (χ0) is 20.0. The molecule has 0 aliphatic heterocycles. The van der Waals surface area contributed by atoms with Gasteiger partial charge in [-0.2, -0.15) is 0 Å². The number of anilines is 1. The van der Waals surface area contributed by atoms with Gasteiger partial charge in [0.2, 0.25) is 0 Å². The maximum atomic E-state index is 12.7. The summed E-state index contributed by atoms with van der Waals surface area (Å²) in [5, 5.41) is 14.4. The summed E-state index contributed by atoms with van der Waals surface area (Å²) >= 11 is 1.52. The molecular weight excluding hydrogens is 384 g/mol. The molecule has 8 heteroatoms. The highest BCUT2D eigenvalue weighted by molar-refractivity contribution is 7.16. The van der Waals surface area contributed by atoms with E-state index < -0.39 is 0 Å². The number of fused-ring (bicyclic) bond motifs is 1. The summed E-state index contributed by atoms with van der Waals surface area (Å²) in [5.41, 5.74) is 1.88. The number of carbonyl (C=O) groups is 1. The summed E-state index contributed by atoms with van der Waals surface area (Å²) in [7, 11) is 1.96. The number of aryl methyl sites for hydroxylation is 1. The van der Waals surface area contributed by atoms with Gasteiger partial charge in [-0.3, -0.25) is 9.78 Å². The molecule has 0 radical (unpaired) electrons. The Kier molecular flexibility index (Phi) is 4.16. The number of thiophene rings is 1. The van der Waals surface area contributed by atoms with Gasteiger partial charge in [-0.25, -0.2) is 4.98 Å². The molecule has 29 heavy (non-hydrogen) atoms. The first-order valence-electron chi connectivity index (χ1n) is 9.51. The number of pyridine rings is 2. The van der Waals surface area contributed by atoms with E-state index in [0.29, 0.717) is 17.3 Å². The van der Waals surface area contributed by atoms with Gasteiger partial charge in [0.25, 0.3) is 5.91 Å². The predicted molar refractivity (Wildman–Crippen MR) is 112 cm³/mol. The van der Waals surface area contributed by atoms with Gasteiger partial charge in [-0.15, -0.1) is 21.5 Å². The van der Waals surface area contributed by atoms with Crippen LogP contribution in [-0.2, 0) is 12.5 Å². The normalized spacial score (nSPS) is 21.1. The van der Waals surface area contributed by atoms with E-state index in [9.17, 15) is 4.79 Å². The van der Waals surface area contributed by atoms with Crippen LogP contribution in [0.4, 0.5) is 5.69 Å². The van der Waals surface area contributed by atoms with E-state index in [1.807, 2.05) is 41.4 Å². The maximum Gasteiger partial charge on any atom is 0.274 e. The second-order valence-corrected chi connectivity index (χ2v) is 8.68. The van der Waals surface area contributed by atoms with Crippen molar-refractivity contribution < 1.29 is 4.79 Å². The highest BCUT2D eigenvalue weighted by Crippen LogP contribution is 2.51. The fourth-order valence-electron chi connectivity index (χ4n) is 4.33. The number of amides is 1. The van der Waals surface area contributed by atoms with Crippen molar-refractivity contribution in [3.8, 4) is 0 Å². The predicted octanol–water partition coefficient (Wildman–Crippen LogP) is 3.79. The van der Waals surface area contributed by atoms with Gasteiger partial charge < -0.3 is 9.88 Å². The number of nitrogens with one attached hydrogen (secondary N) is 1. The summed E-state index contributed by atoms with van der Waals surface area (Å²) in [6.07, 6.45) is 7.22. The molecular formula is C21H20N6OS. The standard InChI is InChI=1S/C21H20N6OS/c1-13-8-21(9-13,20-26-23-12-27(20)2)15-7-16(11-22-10-15)24-18(28)17-4-3-14-5-6-29-19(14)25-17/h3-7,10-13H,8-9H2,1-2H3,(H,24,28). The van der Waals surface area contributed by atoms with Crippen LogP contribution in [0.1, 0.15) is 41.6 Å². The van der Waals surface area contributed by atoms with Crippen molar-refractivity contribution in [1.82, 2.24) is 24.7 Å². The largest absolute Gasteiger partial charge is 0.320 e. The van der Waals surface area contributed by atoms with Crippen molar-refractivity contribution in [2.45, 2.75) is 25.2 Å². The SMILES string of the molecule is CC1CC(c2cncc(NC(=O)c3ccc4ccsc4n3)c2)(c2nncn2C)C1. The van der Waals surface area contributed by atoms with E-state index in [2.05, 4.69) is 32.4 Å². The van der Waals surface area contributed by atoms with Crippen molar-refractivity contribution >= 4 is 33.1 Å². The molecule has 1 amide bonds. The summed E-state index contributed by atoms with van der Waals surface area (Å²) < 4.78 is 1.97. The monoisotopic (exact) mass is 404 g/mol. The second-order valence-electron chi connectivity index (χ2n) is 7.79. The number of nitrogens with zero attached hydrogens (tertiary/aromatic N) is 5. The molecule has 0 atom stereocenters. The Bertz CT molecular complexity index is 1210. The lowest BCUT2D eigenvalue weighted by Gasteiger charge is -2.45. The van der Waals surface area contributed by atoms with Crippen LogP contribution in [0.5, 0.6) is 0 Å². The first-order chi connectivity index (χ1) is 14.0. The minimum Gasteiger partial charge on any atom is -0.320 e. The number of hydrogen-bond donors (Lipinski definition) is 1. The molecule has 0 unspecified atom stereocenters. The van der Waals surface area contributed by atoms with Gasteiger partial charge in [-0.05, 0) is 54.0 Å². The molecule has 4 heterocycles. The molecule has 1 aliphatic carbocycles. The number of carbonyl (C=O) groups excluding carboxylic acids is 1. The van der Waals surface area contributed by atoms with Gasteiger partial charge in [0.05, 0.1) is 17.3 Å². The topological polar surface area (TPSA) is 85.6 Å². The van der Waals surface area contributed by atoms with Gasteiger partial charge >= 0.3 is 0 Å². The average molecular weight is 404 g/mol. The Balaban J connectivity index is 1.45. The smallest absolute Gasteiger partial charge is 0.274 e. The van der Waals surface area contributed by atoms with Gasteiger partial charge in [0.1, 0.15) is 22.7 Å². The molecule has 7 nitrogen and oxygen atoms in total. The van der Waals surface area contributed by atoms with Crippen LogP contribution in [-0.4, -0.2) is 30.6 Å². The van der Waals surface area contributed by atoms with Crippen LogP contribution in [0, 0.1) is 5.92 Å². The van der Waals surface area contributed by atoms with E-state index in [1.165, 1.54) is 11.3 Å². The van der Waals surface area contributed by atoms with Gasteiger partial charge in [0, 0.05) is 18.6 Å². The van der Waals surface area contributed by atoms with Crippen molar-refractivity contribution in [2.24, 2.45) is 13.0 Å². The lowest BCUT2D eigenvalue weighted by atomic mass is 9.59. The fraction of sp³-hybridized carbons (Fsp3) is 0.286. The molecule has 1 saturated carbocycles. The van der Waals surface area contributed by atoms with Crippen LogP contribution in [0.25, 0.3) is 10.2 Å². The molecule has 0 bridgehead atoms. The molecule has 1 aliphatic rings. The number of aromatic nitrogens is 5. The van der Waals surface area contributed by atoms with Crippen LogP contribution in [0.15, 0.2) is 48.4 Å². The van der Waals surface area contributed by atoms with Crippen molar-refractivity contribution in [2.75, 3.05) is 5.32 Å². The quantitative estimate of drug-likeness (QED) is 0.559. The Hall–Kier alpha value is -3.13. The molecule has 4 aromatic heterocycles. The van der Waals surface area contributed by atoms with Crippen LogP contribution < -0.4 is 5.32 Å². The first-order valence-corrected chi connectivity index (χ1v) is 10.4. The van der Waals surface area contributed by atoms with Crippen molar-refractivity contribution in [3.63, 3.8) is 0 Å². The lowest BCUT2D eigenvalue weighted by molar-refractivity contribution is 0.102. The minimum atomic E-state index is -0.242. The highest BCUT2D eigenvalue weighted by Gasteiger charge is 2.48. The van der Waals surface area contributed by atoms with Crippen molar-refractivity contribution in [1.29, 1.82) is 0 Å². The Morgan fingerprint density at radius 2 is 2.14 bits per heavy atom. The van der Waals surface area contributed by atoms with E-state index in [-0.39, 0.29) is 11.3 Å². The average Bonchev–Trinajstić information content (AvgIpc) is 3.33. The summed E-state index contributed by atoms with van der Waals surface area (Å²) in [4.78, 5) is 22.4. The Morgan fingerprint density at radius 3 is 2.90 bits per heavy atom. The fourth-order valence-corrected chi connectivity index (χ4v) is 5.10. The van der Waals surface area contributed by atoms with Gasteiger partial charge in [0.15, 0.2) is 0 Å². The van der Waals surface area contributed by atoms with E-state index in [0.717, 1.165) is 34.4 Å². The molecule has 0 saturated heterocycles. The first kappa shape index (κ1) is 17.9. The third-order valence-electron chi connectivity index (χ3n) is 5.63. The summed E-state index contributed by atoms with van der Waals surface area (Å²) in [6, 6.07) is 7.65. The molecule has 0 spiro atoms.